The van der Waals surface area contributed by atoms with Gasteiger partial charge in [-0.25, -0.2) is 0 Å². The van der Waals surface area contributed by atoms with Crippen molar-refractivity contribution in [2.24, 2.45) is 17.8 Å². The minimum absolute atomic E-state index is 0.0277. The normalized spacial score (nSPS) is 34.1. The molecule has 4 heterocycles. The van der Waals surface area contributed by atoms with E-state index in [9.17, 15) is 4.79 Å². The summed E-state index contributed by atoms with van der Waals surface area (Å²) in [6, 6.07) is 10.7. The number of carbonyl (C=O) groups excluding carboxylic acids is 1. The molecule has 5 heteroatoms. The standard InChI is InChI=1S/C25H37N3O2/c1-26(2)16-21-22-17-28(18-25(22)11-8-23(21)30-25)24(29)14-19-9-12-27(13-10-19)15-20-6-4-3-5-7-20/h3-7,19,21-23H,8-18H2,1-2H3/t21-,22+,23+,25+/m1/s1. The van der Waals surface area contributed by atoms with E-state index < -0.39 is 0 Å². The Labute approximate surface area is 181 Å². The van der Waals surface area contributed by atoms with Crippen LogP contribution >= 0.6 is 0 Å². The second kappa shape index (κ2) is 8.25. The largest absolute Gasteiger partial charge is 0.369 e. The van der Waals surface area contributed by atoms with Crippen molar-refractivity contribution < 1.29 is 9.53 Å². The number of amides is 1. The van der Waals surface area contributed by atoms with Crippen molar-refractivity contribution in [2.75, 3.05) is 46.8 Å². The van der Waals surface area contributed by atoms with E-state index in [0.717, 1.165) is 65.0 Å². The van der Waals surface area contributed by atoms with Crippen molar-refractivity contribution in [2.45, 2.75) is 50.4 Å². The van der Waals surface area contributed by atoms with E-state index in [4.69, 9.17) is 4.74 Å². The van der Waals surface area contributed by atoms with Crippen LogP contribution in [0.1, 0.15) is 37.7 Å². The summed E-state index contributed by atoms with van der Waals surface area (Å²) in [4.78, 5) is 20.1. The SMILES string of the molecule is CN(C)C[C@H]1[C@@H]2CC[C@@]3(CN(C(=O)CC4CCN(Cc5ccccc5)CC4)C[C@@H]13)O2. The molecule has 0 aliphatic carbocycles. The van der Waals surface area contributed by atoms with Crippen LogP contribution in [0.5, 0.6) is 0 Å². The highest BCUT2D eigenvalue weighted by Gasteiger charge is 2.63. The number of benzene rings is 1. The summed E-state index contributed by atoms with van der Waals surface area (Å²) in [5, 5.41) is 0. The highest BCUT2D eigenvalue weighted by atomic mass is 16.5. The zero-order chi connectivity index (χ0) is 20.7. The van der Waals surface area contributed by atoms with E-state index >= 15 is 0 Å². The second-order valence-corrected chi connectivity index (χ2v) is 10.5. The first-order valence-corrected chi connectivity index (χ1v) is 11.9. The molecule has 0 aromatic heterocycles. The Morgan fingerprint density at radius 2 is 1.93 bits per heavy atom. The number of hydrogen-bond acceptors (Lipinski definition) is 4. The summed E-state index contributed by atoms with van der Waals surface area (Å²) < 4.78 is 6.51. The third-order valence-corrected chi connectivity index (χ3v) is 8.13. The highest BCUT2D eigenvalue weighted by Crippen LogP contribution is 2.55. The molecule has 0 saturated carbocycles. The predicted molar refractivity (Wildman–Crippen MR) is 118 cm³/mol. The van der Waals surface area contributed by atoms with Gasteiger partial charge in [0.05, 0.1) is 18.2 Å². The molecule has 2 bridgehead atoms. The molecule has 0 radical (unpaired) electrons. The summed E-state index contributed by atoms with van der Waals surface area (Å²) >= 11 is 0. The molecule has 4 fully saturated rings. The van der Waals surface area contributed by atoms with Gasteiger partial charge in [0, 0.05) is 37.9 Å². The number of likely N-dealkylation sites (tertiary alicyclic amines) is 2. The number of ether oxygens (including phenoxy) is 1. The van der Waals surface area contributed by atoms with E-state index in [-0.39, 0.29) is 5.60 Å². The lowest BCUT2D eigenvalue weighted by molar-refractivity contribution is -0.133. The number of hydrogen-bond donors (Lipinski definition) is 0. The van der Waals surface area contributed by atoms with Gasteiger partial charge in [0.1, 0.15) is 0 Å². The molecule has 4 saturated heterocycles. The monoisotopic (exact) mass is 411 g/mol. The summed E-state index contributed by atoms with van der Waals surface area (Å²) in [6.07, 6.45) is 5.75. The van der Waals surface area contributed by atoms with Crippen LogP contribution in [0, 0.1) is 17.8 Å². The third-order valence-electron chi connectivity index (χ3n) is 8.13. The molecular weight excluding hydrogens is 374 g/mol. The van der Waals surface area contributed by atoms with Gasteiger partial charge < -0.3 is 14.5 Å². The van der Waals surface area contributed by atoms with Crippen molar-refractivity contribution in [1.82, 2.24) is 14.7 Å². The van der Waals surface area contributed by atoms with Crippen molar-refractivity contribution in [1.29, 1.82) is 0 Å². The minimum Gasteiger partial charge on any atom is -0.369 e. The molecule has 1 amide bonds. The molecule has 4 aliphatic rings. The van der Waals surface area contributed by atoms with Crippen LogP contribution in [-0.2, 0) is 16.1 Å². The van der Waals surface area contributed by atoms with Crippen LogP contribution in [0.15, 0.2) is 30.3 Å². The average molecular weight is 412 g/mol. The van der Waals surface area contributed by atoms with Crippen molar-refractivity contribution in [3.63, 3.8) is 0 Å². The maximum Gasteiger partial charge on any atom is 0.222 e. The maximum absolute atomic E-state index is 13.2. The fraction of sp³-hybridized carbons (Fsp3) is 0.720. The summed E-state index contributed by atoms with van der Waals surface area (Å²) in [6.45, 7) is 6.08. The molecule has 0 unspecified atom stereocenters. The topological polar surface area (TPSA) is 36.0 Å². The molecule has 4 atom stereocenters. The van der Waals surface area contributed by atoms with Crippen LogP contribution in [0.25, 0.3) is 0 Å². The van der Waals surface area contributed by atoms with Gasteiger partial charge in [-0.05, 0) is 64.3 Å². The highest BCUT2D eigenvalue weighted by molar-refractivity contribution is 5.77. The molecule has 1 aromatic rings. The molecule has 5 rings (SSSR count). The number of nitrogens with zero attached hydrogens (tertiary/aromatic N) is 3. The minimum atomic E-state index is -0.0277. The molecule has 4 aliphatic heterocycles. The first-order valence-electron chi connectivity index (χ1n) is 11.9. The van der Waals surface area contributed by atoms with Gasteiger partial charge in [-0.15, -0.1) is 0 Å². The Morgan fingerprint density at radius 3 is 2.67 bits per heavy atom. The lowest BCUT2D eigenvalue weighted by atomic mass is 9.73. The van der Waals surface area contributed by atoms with Crippen LogP contribution in [0.4, 0.5) is 0 Å². The molecule has 0 N–H and O–H groups in total. The van der Waals surface area contributed by atoms with E-state index in [1.54, 1.807) is 0 Å². The molecule has 5 nitrogen and oxygen atoms in total. The second-order valence-electron chi connectivity index (χ2n) is 10.5. The van der Waals surface area contributed by atoms with Crippen LogP contribution < -0.4 is 0 Å². The van der Waals surface area contributed by atoms with Gasteiger partial charge in [0.15, 0.2) is 0 Å². The molecule has 1 aromatic carbocycles. The molecule has 30 heavy (non-hydrogen) atoms. The summed E-state index contributed by atoms with van der Waals surface area (Å²) in [7, 11) is 4.31. The zero-order valence-corrected chi connectivity index (χ0v) is 18.6. The molecular formula is C25H37N3O2. The summed E-state index contributed by atoms with van der Waals surface area (Å²) in [5.74, 6) is 2.04. The predicted octanol–water partition coefficient (Wildman–Crippen LogP) is 2.86. The molecule has 164 valence electrons. The first-order chi connectivity index (χ1) is 14.5. The number of piperidine rings is 1. The smallest absolute Gasteiger partial charge is 0.222 e. The van der Waals surface area contributed by atoms with Gasteiger partial charge in [-0.3, -0.25) is 9.69 Å². The van der Waals surface area contributed by atoms with E-state index in [0.29, 0.717) is 29.8 Å². The average Bonchev–Trinajstić information content (AvgIpc) is 3.40. The Balaban J connectivity index is 1.12. The van der Waals surface area contributed by atoms with Gasteiger partial charge in [-0.2, -0.15) is 0 Å². The number of fused-ring (bicyclic) bond motifs is 1. The summed E-state index contributed by atoms with van der Waals surface area (Å²) in [5.41, 5.74) is 1.36. The Bertz CT molecular complexity index is 746. The zero-order valence-electron chi connectivity index (χ0n) is 18.6. The lowest BCUT2D eigenvalue weighted by Gasteiger charge is -2.32. The number of carbonyl (C=O) groups is 1. The van der Waals surface area contributed by atoms with E-state index in [2.05, 4.69) is 59.1 Å². The molecule has 1 spiro atoms. The van der Waals surface area contributed by atoms with E-state index in [1.165, 1.54) is 12.0 Å². The lowest BCUT2D eigenvalue weighted by Crippen LogP contribution is -2.40. The maximum atomic E-state index is 13.2. The van der Waals surface area contributed by atoms with Crippen LogP contribution in [0.2, 0.25) is 0 Å². The van der Waals surface area contributed by atoms with Gasteiger partial charge in [-0.1, -0.05) is 30.3 Å². The third kappa shape index (κ3) is 3.92. The van der Waals surface area contributed by atoms with Crippen molar-refractivity contribution >= 4 is 5.91 Å². The van der Waals surface area contributed by atoms with Gasteiger partial charge in [0.25, 0.3) is 0 Å². The Hall–Kier alpha value is -1.43. The Kier molecular flexibility index (Phi) is 5.63. The fourth-order valence-corrected chi connectivity index (χ4v) is 6.61. The van der Waals surface area contributed by atoms with Crippen molar-refractivity contribution in [3.8, 4) is 0 Å². The van der Waals surface area contributed by atoms with E-state index in [1.807, 2.05) is 0 Å². The van der Waals surface area contributed by atoms with Crippen molar-refractivity contribution in [3.05, 3.63) is 35.9 Å². The van der Waals surface area contributed by atoms with Crippen LogP contribution in [-0.4, -0.2) is 79.1 Å². The Morgan fingerprint density at radius 1 is 1.17 bits per heavy atom. The first kappa shape index (κ1) is 20.5. The van der Waals surface area contributed by atoms with Gasteiger partial charge >= 0.3 is 0 Å². The fourth-order valence-electron chi connectivity index (χ4n) is 6.61. The van der Waals surface area contributed by atoms with Gasteiger partial charge in [0.2, 0.25) is 5.91 Å². The number of rotatable bonds is 6. The van der Waals surface area contributed by atoms with Crippen LogP contribution in [0.3, 0.4) is 0 Å². The quantitative estimate of drug-likeness (QED) is 0.721.